The molecule has 0 amide bonds. The second kappa shape index (κ2) is 20.6. The first-order valence-electron chi connectivity index (χ1n) is 18.4. The molecule has 2 heterocycles. The highest BCUT2D eigenvalue weighted by Gasteiger charge is 2.44. The van der Waals surface area contributed by atoms with Gasteiger partial charge in [-0.15, -0.1) is 0 Å². The van der Waals surface area contributed by atoms with Crippen molar-refractivity contribution in [3.63, 3.8) is 0 Å². The first kappa shape index (κ1) is 40.4. The van der Waals surface area contributed by atoms with Crippen molar-refractivity contribution < 1.29 is 46.8 Å². The van der Waals surface area contributed by atoms with Gasteiger partial charge >= 0.3 is 11.9 Å². The second-order valence-electron chi connectivity index (χ2n) is 12.8. The van der Waals surface area contributed by atoms with Crippen molar-refractivity contribution in [3.8, 4) is 34.3 Å². The van der Waals surface area contributed by atoms with Crippen molar-refractivity contribution in [2.45, 2.75) is 63.7 Å². The second-order valence-corrected chi connectivity index (χ2v) is 12.8. The maximum Gasteiger partial charge on any atom is 0.330 e. The Morgan fingerprint density at radius 1 is 0.600 bits per heavy atom. The average molecular weight is 757 g/mol. The number of halogens is 2. The molecule has 2 aromatic carbocycles. The number of carbonyl (C=O) groups is 2. The summed E-state index contributed by atoms with van der Waals surface area (Å²) in [6.07, 6.45) is 12.9. The Balaban J connectivity index is 1.03. The number of hydrogen-bond acceptors (Lipinski definition) is 10. The van der Waals surface area contributed by atoms with Gasteiger partial charge in [0.2, 0.25) is 12.7 Å². The third-order valence-corrected chi connectivity index (χ3v) is 8.80. The van der Waals surface area contributed by atoms with Crippen molar-refractivity contribution in [1.82, 2.24) is 9.97 Å². The summed E-state index contributed by atoms with van der Waals surface area (Å²) in [5.74, 6) is -2.23. The number of ether oxygens (including phenoxy) is 6. The molecule has 0 saturated carbocycles. The van der Waals surface area contributed by atoms with E-state index in [9.17, 15) is 9.59 Å². The molecule has 0 radical (unpaired) electrons. The summed E-state index contributed by atoms with van der Waals surface area (Å²) in [6.45, 7) is 8.35. The Bertz CT molecular complexity index is 1880. The minimum atomic E-state index is -3.21. The molecule has 1 aliphatic rings. The number of rotatable bonds is 24. The van der Waals surface area contributed by atoms with Crippen molar-refractivity contribution in [2.75, 3.05) is 33.2 Å². The highest BCUT2D eigenvalue weighted by Crippen LogP contribution is 2.52. The number of unbranched alkanes of at least 4 members (excludes halogenated alkanes) is 6. The lowest BCUT2D eigenvalue weighted by molar-refractivity contribution is -0.138. The number of esters is 2. The predicted molar refractivity (Wildman–Crippen MR) is 203 cm³/mol. The van der Waals surface area contributed by atoms with Gasteiger partial charge in [-0.3, -0.25) is 4.98 Å². The zero-order valence-corrected chi connectivity index (χ0v) is 30.8. The first-order chi connectivity index (χ1) is 26.8. The van der Waals surface area contributed by atoms with Gasteiger partial charge in [0.25, 0.3) is 5.92 Å². The van der Waals surface area contributed by atoms with E-state index in [1.807, 2.05) is 18.2 Å². The molecule has 5 rings (SSSR count). The lowest BCUT2D eigenvalue weighted by Gasteiger charge is -2.14. The maximum atomic E-state index is 15.8. The molecule has 290 valence electrons. The Labute approximate surface area is 320 Å². The minimum Gasteiger partial charge on any atom is -0.492 e. The van der Waals surface area contributed by atoms with E-state index in [2.05, 4.69) is 23.1 Å². The Morgan fingerprint density at radius 2 is 1.15 bits per heavy atom. The van der Waals surface area contributed by atoms with Crippen LogP contribution in [0.2, 0.25) is 0 Å². The Morgan fingerprint density at radius 3 is 1.71 bits per heavy atom. The third kappa shape index (κ3) is 12.1. The third-order valence-electron chi connectivity index (χ3n) is 8.80. The fourth-order valence-electron chi connectivity index (χ4n) is 5.91. The van der Waals surface area contributed by atoms with Gasteiger partial charge in [-0.2, -0.15) is 8.78 Å². The molecule has 0 saturated heterocycles. The van der Waals surface area contributed by atoms with Gasteiger partial charge < -0.3 is 28.4 Å². The van der Waals surface area contributed by atoms with Crippen LogP contribution in [0.1, 0.15) is 73.8 Å². The molecule has 0 atom stereocenters. The van der Waals surface area contributed by atoms with E-state index in [1.54, 1.807) is 48.8 Å². The summed E-state index contributed by atoms with van der Waals surface area (Å²) in [4.78, 5) is 30.8. The highest BCUT2D eigenvalue weighted by molar-refractivity contribution is 5.82. The number of hydrogen-bond donors (Lipinski definition) is 0. The molecule has 0 N–H and O–H groups in total. The van der Waals surface area contributed by atoms with Crippen LogP contribution in [-0.2, 0) is 31.4 Å². The minimum absolute atomic E-state index is 0.0507. The molecule has 0 bridgehead atoms. The van der Waals surface area contributed by atoms with Gasteiger partial charge in [-0.1, -0.05) is 31.4 Å². The Kier molecular flexibility index (Phi) is 15.1. The highest BCUT2D eigenvalue weighted by atomic mass is 19.3. The molecule has 55 heavy (non-hydrogen) atoms. The van der Waals surface area contributed by atoms with Gasteiger partial charge in [0.05, 0.1) is 38.8 Å². The van der Waals surface area contributed by atoms with Gasteiger partial charge in [0.15, 0.2) is 0 Å². The fraction of sp³-hybridized carbons (Fsp3) is 0.349. The summed E-state index contributed by atoms with van der Waals surface area (Å²) in [5, 5.41) is 0. The quantitative estimate of drug-likeness (QED) is 0.0297. The van der Waals surface area contributed by atoms with Crippen LogP contribution < -0.4 is 18.9 Å². The molecule has 0 fully saturated rings. The van der Waals surface area contributed by atoms with Gasteiger partial charge in [-0.05, 0) is 104 Å². The molecule has 4 aromatic rings. The summed E-state index contributed by atoms with van der Waals surface area (Å²) in [7, 11) is 0. The van der Waals surface area contributed by atoms with Crippen molar-refractivity contribution in [3.05, 3.63) is 121 Å². The largest absolute Gasteiger partial charge is 0.492 e. The monoisotopic (exact) mass is 756 g/mol. The fourth-order valence-corrected chi connectivity index (χ4v) is 5.91. The van der Waals surface area contributed by atoms with Gasteiger partial charge in [-0.25, -0.2) is 14.6 Å². The summed E-state index contributed by atoms with van der Waals surface area (Å²) in [5.41, 5.74) is 2.23. The van der Waals surface area contributed by atoms with Crippen molar-refractivity contribution in [1.29, 1.82) is 0 Å². The van der Waals surface area contributed by atoms with Crippen LogP contribution in [0.15, 0.2) is 98.4 Å². The number of alkyl halides is 2. The zero-order chi connectivity index (χ0) is 38.9. The van der Waals surface area contributed by atoms with E-state index >= 15 is 8.78 Å². The first-order valence-corrected chi connectivity index (χ1v) is 18.4. The number of benzene rings is 2. The number of carbonyl (C=O) groups excluding carboxylic acids is 2. The van der Waals surface area contributed by atoms with E-state index in [1.165, 1.54) is 6.07 Å². The van der Waals surface area contributed by atoms with E-state index in [-0.39, 0.29) is 23.7 Å². The molecule has 1 aliphatic carbocycles. The van der Waals surface area contributed by atoms with E-state index < -0.39 is 17.9 Å². The predicted octanol–water partition coefficient (Wildman–Crippen LogP) is 8.94. The molecule has 12 heteroatoms. The van der Waals surface area contributed by atoms with Crippen LogP contribution in [0, 0.1) is 0 Å². The van der Waals surface area contributed by atoms with Crippen molar-refractivity contribution >= 4 is 11.9 Å². The molecule has 0 spiro atoms. The van der Waals surface area contributed by atoms with Crippen LogP contribution in [0.4, 0.5) is 8.78 Å². The van der Waals surface area contributed by atoms with Crippen LogP contribution in [0.3, 0.4) is 0 Å². The number of aromatic nitrogens is 2. The van der Waals surface area contributed by atoms with E-state index in [0.29, 0.717) is 61.4 Å². The van der Waals surface area contributed by atoms with Crippen LogP contribution in [-0.4, -0.2) is 55.1 Å². The number of nitrogens with zero attached hydrogens (tertiary/aromatic N) is 2. The maximum absolute atomic E-state index is 15.8. The zero-order valence-electron chi connectivity index (χ0n) is 30.8. The smallest absolute Gasteiger partial charge is 0.330 e. The summed E-state index contributed by atoms with van der Waals surface area (Å²) < 4.78 is 64.3. The molecular formula is C43H46F2N2O8. The summed E-state index contributed by atoms with van der Waals surface area (Å²) >= 11 is 0. The Hall–Kier alpha value is -5.78. The van der Waals surface area contributed by atoms with Crippen LogP contribution >= 0.6 is 0 Å². The average Bonchev–Trinajstić information content (AvgIpc) is 3.42. The summed E-state index contributed by atoms with van der Waals surface area (Å²) in [6, 6.07) is 16.9. The molecule has 10 nitrogen and oxygen atoms in total. The van der Waals surface area contributed by atoms with Gasteiger partial charge in [0.1, 0.15) is 17.2 Å². The molecule has 0 aliphatic heterocycles. The van der Waals surface area contributed by atoms with E-state index in [0.717, 1.165) is 74.8 Å². The lowest BCUT2D eigenvalue weighted by Crippen LogP contribution is -2.12. The molecule has 0 unspecified atom stereocenters. The number of pyridine rings is 2. The molecule has 2 aromatic heterocycles. The number of fused-ring (bicyclic) bond motifs is 3. The van der Waals surface area contributed by atoms with Crippen LogP contribution in [0.25, 0.3) is 11.1 Å². The molecular weight excluding hydrogens is 710 g/mol. The van der Waals surface area contributed by atoms with Crippen LogP contribution in [0.5, 0.6) is 23.1 Å². The van der Waals surface area contributed by atoms with E-state index in [4.69, 9.17) is 28.4 Å². The topological polar surface area (TPSA) is 115 Å². The SMILES string of the molecule is C=CC(=O)OCCCCCCOc1ccc(Cc2ccc3c(c2)C(F)(F)c2cc(OCOc4ccc(OCCCCCCOC(=O)C=C)cn4)ccc2-3)nc1. The lowest BCUT2D eigenvalue weighted by atomic mass is 10.00. The van der Waals surface area contributed by atoms with Gasteiger partial charge in [0, 0.05) is 41.5 Å². The normalized spacial score (nSPS) is 12.2. The van der Waals surface area contributed by atoms with Crippen molar-refractivity contribution in [2.24, 2.45) is 0 Å². The standard InChI is InChI=1S/C43H46F2N2O8/c1-3-41(48)52-23-11-7-5-9-21-50-34-15-14-32(46-28-34)25-31-13-18-36-37-19-16-33(27-39(37)43(44,45)38(36)26-31)54-30-55-40-20-17-35(29-47-40)51-22-10-6-8-12-24-53-42(49)4-2/h3-4,13-20,26-29H,1-2,5-12,21-25,30H2.